The van der Waals surface area contributed by atoms with E-state index < -0.39 is 5.97 Å². The zero-order chi connectivity index (χ0) is 9.97. The van der Waals surface area contributed by atoms with Gasteiger partial charge in [-0.2, -0.15) is 0 Å². The van der Waals surface area contributed by atoms with Crippen LogP contribution in [0.1, 0.15) is 21.1 Å². The zero-order valence-corrected chi connectivity index (χ0v) is 7.84. The molecule has 2 aromatic heterocycles. The number of aromatic nitrogens is 3. The molecule has 0 aliphatic rings. The molecule has 0 bridgehead atoms. The number of carbonyl (C=O) groups is 1. The zero-order valence-electron chi connectivity index (χ0n) is 7.02. The third-order valence-corrected chi connectivity index (χ3v) is 2.50. The molecule has 71 valence electrons. The Bertz CT molecular complexity index is 435. The van der Waals surface area contributed by atoms with Crippen molar-refractivity contribution >= 4 is 17.3 Å². The first-order chi connectivity index (χ1) is 6.77. The molecule has 0 fully saturated rings. The lowest BCUT2D eigenvalue weighted by molar-refractivity contribution is 0.0689. The van der Waals surface area contributed by atoms with Crippen LogP contribution in [0.2, 0.25) is 0 Å². The first-order valence-corrected chi connectivity index (χ1v) is 4.67. The van der Waals surface area contributed by atoms with Gasteiger partial charge in [0.15, 0.2) is 5.69 Å². The summed E-state index contributed by atoms with van der Waals surface area (Å²) in [6, 6.07) is 3.68. The Hall–Kier alpha value is -1.69. The summed E-state index contributed by atoms with van der Waals surface area (Å²) in [6.45, 7) is 0. The first kappa shape index (κ1) is 8.89. The number of hydrogen-bond acceptors (Lipinski definition) is 4. The van der Waals surface area contributed by atoms with Crippen LogP contribution in [0.15, 0.2) is 12.1 Å². The molecule has 0 atom stereocenters. The number of aromatic carboxylic acids is 1. The minimum Gasteiger partial charge on any atom is -0.476 e. The summed E-state index contributed by atoms with van der Waals surface area (Å²) in [5.41, 5.74) is 0.506. The largest absolute Gasteiger partial charge is 0.476 e. The molecule has 2 aromatic rings. The number of nitrogens with zero attached hydrogens (tertiary/aromatic N) is 2. The highest BCUT2D eigenvalue weighted by molar-refractivity contribution is 7.09. The monoisotopic (exact) mass is 208 g/mol. The molecular formula is C8H6N3O2S. The molecule has 0 spiro atoms. The van der Waals surface area contributed by atoms with Crippen LogP contribution in [0.25, 0.3) is 0 Å². The highest BCUT2D eigenvalue weighted by Gasteiger charge is 2.14. The van der Waals surface area contributed by atoms with E-state index in [1.807, 2.05) is 6.07 Å². The SMILES string of the molecule is O=C(O)c1nn[nH]c1Cc1cc[c]s1. The van der Waals surface area contributed by atoms with Gasteiger partial charge in [-0.15, -0.1) is 16.4 Å². The van der Waals surface area contributed by atoms with Crippen LogP contribution in [0.3, 0.4) is 0 Å². The molecule has 5 nitrogen and oxygen atoms in total. The van der Waals surface area contributed by atoms with E-state index in [2.05, 4.69) is 20.8 Å². The molecule has 2 rings (SSSR count). The molecule has 0 aliphatic carbocycles. The van der Waals surface area contributed by atoms with Gasteiger partial charge in [0.2, 0.25) is 0 Å². The summed E-state index contributed by atoms with van der Waals surface area (Å²) in [5.74, 6) is -1.06. The van der Waals surface area contributed by atoms with E-state index >= 15 is 0 Å². The van der Waals surface area contributed by atoms with Crippen molar-refractivity contribution < 1.29 is 9.90 Å². The Balaban J connectivity index is 2.25. The Kier molecular flexibility index (Phi) is 2.28. The maximum atomic E-state index is 10.7. The van der Waals surface area contributed by atoms with Gasteiger partial charge in [-0.05, 0) is 12.1 Å². The van der Waals surface area contributed by atoms with E-state index in [9.17, 15) is 4.79 Å². The number of hydrogen-bond donors (Lipinski definition) is 2. The van der Waals surface area contributed by atoms with Crippen LogP contribution >= 0.6 is 11.3 Å². The fourth-order valence-corrected chi connectivity index (χ4v) is 1.72. The molecule has 6 heteroatoms. The van der Waals surface area contributed by atoms with Crippen molar-refractivity contribution in [2.45, 2.75) is 6.42 Å². The minimum atomic E-state index is -1.06. The quantitative estimate of drug-likeness (QED) is 0.787. The molecule has 0 unspecified atom stereocenters. The van der Waals surface area contributed by atoms with E-state index in [1.165, 1.54) is 11.3 Å². The van der Waals surface area contributed by atoms with E-state index in [1.54, 1.807) is 6.07 Å². The number of aromatic amines is 1. The number of H-pyrrole nitrogens is 1. The summed E-state index contributed by atoms with van der Waals surface area (Å²) >= 11 is 1.45. The van der Waals surface area contributed by atoms with Crippen LogP contribution in [-0.4, -0.2) is 26.5 Å². The van der Waals surface area contributed by atoms with Gasteiger partial charge in [-0.3, -0.25) is 5.10 Å². The van der Waals surface area contributed by atoms with Gasteiger partial charge in [0.05, 0.1) is 5.69 Å². The van der Waals surface area contributed by atoms with Crippen LogP contribution in [0, 0.1) is 5.38 Å². The van der Waals surface area contributed by atoms with E-state index in [0.29, 0.717) is 12.1 Å². The molecule has 2 heterocycles. The maximum Gasteiger partial charge on any atom is 0.358 e. The second kappa shape index (κ2) is 3.59. The Labute approximate surface area is 83.4 Å². The van der Waals surface area contributed by atoms with Crippen molar-refractivity contribution in [1.82, 2.24) is 15.4 Å². The predicted molar refractivity (Wildman–Crippen MR) is 49.3 cm³/mol. The fourth-order valence-electron chi connectivity index (χ4n) is 1.08. The van der Waals surface area contributed by atoms with Crippen LogP contribution in [0.4, 0.5) is 0 Å². The van der Waals surface area contributed by atoms with E-state index in [0.717, 1.165) is 4.88 Å². The second-order valence-electron chi connectivity index (χ2n) is 2.64. The average Bonchev–Trinajstić information content (AvgIpc) is 2.75. The van der Waals surface area contributed by atoms with Crippen molar-refractivity contribution in [1.29, 1.82) is 0 Å². The highest BCUT2D eigenvalue weighted by Crippen LogP contribution is 2.14. The van der Waals surface area contributed by atoms with Gasteiger partial charge >= 0.3 is 5.97 Å². The lowest BCUT2D eigenvalue weighted by Crippen LogP contribution is -2.01. The predicted octanol–water partition coefficient (Wildman–Crippen LogP) is 0.955. The summed E-state index contributed by atoms with van der Waals surface area (Å²) in [4.78, 5) is 11.7. The second-order valence-corrected chi connectivity index (χ2v) is 3.60. The first-order valence-electron chi connectivity index (χ1n) is 3.85. The van der Waals surface area contributed by atoms with Crippen LogP contribution < -0.4 is 0 Å². The molecule has 0 amide bonds. The molecule has 0 aliphatic heterocycles. The van der Waals surface area contributed by atoms with Crippen LogP contribution in [0.5, 0.6) is 0 Å². The minimum absolute atomic E-state index is 0.0154. The summed E-state index contributed by atoms with van der Waals surface area (Å²) in [6.07, 6.45) is 0.503. The molecule has 0 saturated carbocycles. The standard InChI is InChI=1S/C8H6N3O2S/c12-8(13)7-6(9-11-10-7)4-5-2-1-3-14-5/h1-2H,4H2,(H,12,13)(H,9,10,11). The summed E-state index contributed by atoms with van der Waals surface area (Å²) < 4.78 is 0. The van der Waals surface area contributed by atoms with E-state index in [-0.39, 0.29) is 5.69 Å². The lowest BCUT2D eigenvalue weighted by atomic mass is 10.2. The summed E-state index contributed by atoms with van der Waals surface area (Å²) in [7, 11) is 0. The lowest BCUT2D eigenvalue weighted by Gasteiger charge is -1.94. The smallest absolute Gasteiger partial charge is 0.358 e. The third kappa shape index (κ3) is 1.64. The molecule has 14 heavy (non-hydrogen) atoms. The topological polar surface area (TPSA) is 78.9 Å². The molecule has 0 saturated heterocycles. The normalized spacial score (nSPS) is 10.3. The van der Waals surface area contributed by atoms with Gasteiger partial charge < -0.3 is 5.11 Å². The number of rotatable bonds is 3. The van der Waals surface area contributed by atoms with E-state index in [4.69, 9.17) is 5.11 Å². The molecule has 2 N–H and O–H groups in total. The van der Waals surface area contributed by atoms with Crippen molar-refractivity contribution in [2.75, 3.05) is 0 Å². The van der Waals surface area contributed by atoms with Gasteiger partial charge in [-0.1, -0.05) is 5.21 Å². The third-order valence-electron chi connectivity index (χ3n) is 1.70. The molecule has 1 radical (unpaired) electrons. The number of carboxylic acids is 1. The van der Waals surface area contributed by atoms with Crippen molar-refractivity contribution in [2.24, 2.45) is 0 Å². The number of thiophene rings is 1. The summed E-state index contributed by atoms with van der Waals surface area (Å²) in [5, 5.41) is 21.2. The number of carboxylic acid groups (broad SMARTS) is 1. The maximum absolute atomic E-state index is 10.7. The van der Waals surface area contributed by atoms with Crippen molar-refractivity contribution in [3.63, 3.8) is 0 Å². The highest BCUT2D eigenvalue weighted by atomic mass is 32.1. The fraction of sp³-hybridized carbons (Fsp3) is 0.125. The Morgan fingerprint density at radius 2 is 2.57 bits per heavy atom. The van der Waals surface area contributed by atoms with Crippen LogP contribution in [-0.2, 0) is 6.42 Å². The van der Waals surface area contributed by atoms with Gasteiger partial charge in [0.25, 0.3) is 0 Å². The molecule has 0 aromatic carbocycles. The van der Waals surface area contributed by atoms with Gasteiger partial charge in [0.1, 0.15) is 0 Å². The van der Waals surface area contributed by atoms with Crippen molar-refractivity contribution in [3.8, 4) is 0 Å². The Morgan fingerprint density at radius 1 is 1.71 bits per heavy atom. The van der Waals surface area contributed by atoms with Gasteiger partial charge in [-0.25, -0.2) is 4.79 Å². The average molecular weight is 208 g/mol. The molecular weight excluding hydrogens is 202 g/mol. The van der Waals surface area contributed by atoms with Crippen molar-refractivity contribution in [3.05, 3.63) is 33.8 Å². The number of nitrogens with one attached hydrogen (secondary N) is 1. The Morgan fingerprint density at radius 3 is 3.21 bits per heavy atom. The van der Waals surface area contributed by atoms with Gasteiger partial charge in [0, 0.05) is 16.7 Å².